The molecule has 1 aromatic heterocycles. The molecule has 152 valence electrons. The van der Waals surface area contributed by atoms with Crippen molar-refractivity contribution < 1.29 is 33.5 Å². The quantitative estimate of drug-likeness (QED) is 0.390. The van der Waals surface area contributed by atoms with Crippen LogP contribution < -0.4 is 0 Å². The Labute approximate surface area is 155 Å². The van der Waals surface area contributed by atoms with Crippen LogP contribution in [-0.2, 0) is 54.8 Å². The highest BCUT2D eigenvalue weighted by Crippen LogP contribution is 2.15. The summed E-state index contributed by atoms with van der Waals surface area (Å²) in [5.41, 5.74) is 1.62. The maximum atomic E-state index is 9.65. The summed E-state index contributed by atoms with van der Waals surface area (Å²) in [4.78, 5) is 4.50. The van der Waals surface area contributed by atoms with Gasteiger partial charge < -0.3 is 38.1 Å². The lowest BCUT2D eigenvalue weighted by Gasteiger charge is -2.13. The molecule has 0 radical (unpaired) electrons. The summed E-state index contributed by atoms with van der Waals surface area (Å²) in [6, 6.07) is 0. The van der Waals surface area contributed by atoms with Gasteiger partial charge in [0.25, 0.3) is 0 Å². The van der Waals surface area contributed by atoms with Crippen molar-refractivity contribution in [2.24, 2.45) is 0 Å². The van der Waals surface area contributed by atoms with Gasteiger partial charge in [-0.2, -0.15) is 0 Å². The lowest BCUT2D eigenvalue weighted by atomic mass is 10.3. The maximum absolute atomic E-state index is 9.65. The number of methoxy groups -OCH3 is 3. The molecular formula is C17H32N2O7. The number of ether oxygens (including phenoxy) is 6. The summed E-state index contributed by atoms with van der Waals surface area (Å²) in [5, 5.41) is 9.65. The Hall–Kier alpha value is -1.07. The van der Waals surface area contributed by atoms with Crippen LogP contribution >= 0.6 is 0 Å². The van der Waals surface area contributed by atoms with Gasteiger partial charge in [0, 0.05) is 27.9 Å². The molecule has 26 heavy (non-hydrogen) atoms. The van der Waals surface area contributed by atoms with E-state index >= 15 is 0 Å². The van der Waals surface area contributed by atoms with Crippen LogP contribution in [0.1, 0.15) is 17.2 Å². The van der Waals surface area contributed by atoms with E-state index in [1.807, 2.05) is 4.57 Å². The smallest absolute Gasteiger partial charge is 0.135 e. The van der Waals surface area contributed by atoms with Crippen molar-refractivity contribution in [2.75, 3.05) is 67.6 Å². The molecule has 0 fully saturated rings. The lowest BCUT2D eigenvalue weighted by molar-refractivity contribution is 0.0482. The van der Waals surface area contributed by atoms with Crippen molar-refractivity contribution in [2.45, 2.75) is 26.4 Å². The Morgan fingerprint density at radius 2 is 1.35 bits per heavy atom. The first-order chi connectivity index (χ1) is 12.8. The second-order valence-corrected chi connectivity index (χ2v) is 5.43. The van der Waals surface area contributed by atoms with Gasteiger partial charge in [-0.25, -0.2) is 4.98 Å². The van der Waals surface area contributed by atoms with Crippen LogP contribution in [0, 0.1) is 0 Å². The van der Waals surface area contributed by atoms with Gasteiger partial charge in [0.15, 0.2) is 0 Å². The molecule has 1 N–H and O–H groups in total. The number of imidazole rings is 1. The van der Waals surface area contributed by atoms with Gasteiger partial charge in [0.1, 0.15) is 12.4 Å². The first kappa shape index (κ1) is 23.0. The second-order valence-electron chi connectivity index (χ2n) is 5.43. The van der Waals surface area contributed by atoms with E-state index in [0.29, 0.717) is 71.8 Å². The monoisotopic (exact) mass is 376 g/mol. The zero-order valence-electron chi connectivity index (χ0n) is 16.1. The predicted molar refractivity (Wildman–Crippen MR) is 93.9 cm³/mol. The minimum atomic E-state index is -0.165. The highest BCUT2D eigenvalue weighted by molar-refractivity contribution is 5.16. The maximum Gasteiger partial charge on any atom is 0.135 e. The summed E-state index contributed by atoms with van der Waals surface area (Å²) in [7, 11) is 4.89. The van der Waals surface area contributed by atoms with Gasteiger partial charge in [0.2, 0.25) is 0 Å². The SMILES string of the molecule is COCCOCCn1c(CO)nc(COCCOC)c1COCCOC. The molecule has 0 bridgehead atoms. The topological polar surface area (TPSA) is 93.4 Å². The minimum Gasteiger partial charge on any atom is -0.388 e. The van der Waals surface area contributed by atoms with E-state index in [1.165, 1.54) is 0 Å². The molecule has 0 saturated carbocycles. The molecule has 1 rings (SSSR count). The normalized spacial score (nSPS) is 11.4. The summed E-state index contributed by atoms with van der Waals surface area (Å²) in [6.45, 7) is 4.62. The average molecular weight is 376 g/mol. The number of hydrogen-bond acceptors (Lipinski definition) is 8. The van der Waals surface area contributed by atoms with Crippen LogP contribution in [-0.4, -0.2) is 82.2 Å². The molecule has 0 aliphatic heterocycles. The molecule has 0 unspecified atom stereocenters. The van der Waals surface area contributed by atoms with Gasteiger partial charge in [-0.05, 0) is 0 Å². The van der Waals surface area contributed by atoms with Crippen LogP contribution in [0.4, 0.5) is 0 Å². The molecular weight excluding hydrogens is 344 g/mol. The van der Waals surface area contributed by atoms with E-state index < -0.39 is 0 Å². The van der Waals surface area contributed by atoms with Crippen molar-refractivity contribution >= 4 is 0 Å². The predicted octanol–water partition coefficient (Wildman–Crippen LogP) is 0.364. The third-order valence-corrected chi connectivity index (χ3v) is 3.61. The number of nitrogens with zero attached hydrogens (tertiary/aromatic N) is 2. The molecule has 0 atom stereocenters. The Balaban J connectivity index is 2.75. The molecule has 0 aliphatic rings. The van der Waals surface area contributed by atoms with Gasteiger partial charge in [-0.3, -0.25) is 0 Å². The van der Waals surface area contributed by atoms with Gasteiger partial charge in [-0.15, -0.1) is 0 Å². The van der Waals surface area contributed by atoms with E-state index in [2.05, 4.69) is 4.98 Å². The summed E-state index contributed by atoms with van der Waals surface area (Å²) < 4.78 is 33.7. The minimum absolute atomic E-state index is 0.165. The standard InChI is InChI=1S/C17H32N2O7/c1-21-6-9-24-5-4-19-16(14-26-11-8-23-3)15(18-17(19)12-20)13-25-10-7-22-2/h20H,4-14H2,1-3H3. The Morgan fingerprint density at radius 1 is 0.769 bits per heavy atom. The van der Waals surface area contributed by atoms with Crippen LogP contribution in [0.2, 0.25) is 0 Å². The van der Waals surface area contributed by atoms with Crippen LogP contribution in [0.3, 0.4) is 0 Å². The van der Waals surface area contributed by atoms with Crippen LogP contribution in [0.5, 0.6) is 0 Å². The molecule has 0 amide bonds. The average Bonchev–Trinajstić information content (AvgIpc) is 2.99. The molecule has 0 saturated heterocycles. The Morgan fingerprint density at radius 3 is 1.92 bits per heavy atom. The van der Waals surface area contributed by atoms with Crippen molar-refractivity contribution in [3.8, 4) is 0 Å². The molecule has 0 aliphatic carbocycles. The number of aliphatic hydroxyl groups is 1. The van der Waals surface area contributed by atoms with E-state index in [-0.39, 0.29) is 6.61 Å². The van der Waals surface area contributed by atoms with Crippen LogP contribution in [0.15, 0.2) is 0 Å². The highest BCUT2D eigenvalue weighted by Gasteiger charge is 2.17. The molecule has 0 aromatic carbocycles. The van der Waals surface area contributed by atoms with Crippen LogP contribution in [0.25, 0.3) is 0 Å². The third-order valence-electron chi connectivity index (χ3n) is 3.61. The van der Waals surface area contributed by atoms with E-state index in [9.17, 15) is 5.11 Å². The second kappa shape index (κ2) is 15.0. The summed E-state index contributed by atoms with van der Waals surface area (Å²) >= 11 is 0. The first-order valence-electron chi connectivity index (χ1n) is 8.66. The van der Waals surface area contributed by atoms with Gasteiger partial charge in [-0.1, -0.05) is 0 Å². The number of aliphatic hydroxyl groups excluding tert-OH is 1. The molecule has 9 nitrogen and oxygen atoms in total. The largest absolute Gasteiger partial charge is 0.388 e. The van der Waals surface area contributed by atoms with Crippen molar-refractivity contribution in [1.82, 2.24) is 9.55 Å². The van der Waals surface area contributed by atoms with E-state index in [1.54, 1.807) is 21.3 Å². The highest BCUT2D eigenvalue weighted by atomic mass is 16.5. The molecule has 1 heterocycles. The van der Waals surface area contributed by atoms with Gasteiger partial charge in [0.05, 0.1) is 70.8 Å². The Kier molecular flexibility index (Phi) is 13.3. The van der Waals surface area contributed by atoms with E-state index in [0.717, 1.165) is 11.4 Å². The number of hydrogen-bond donors (Lipinski definition) is 1. The molecule has 0 spiro atoms. The fraction of sp³-hybridized carbons (Fsp3) is 0.824. The third kappa shape index (κ3) is 8.54. The Bertz CT molecular complexity index is 468. The van der Waals surface area contributed by atoms with Crippen molar-refractivity contribution in [3.63, 3.8) is 0 Å². The fourth-order valence-electron chi connectivity index (χ4n) is 2.28. The first-order valence-corrected chi connectivity index (χ1v) is 8.66. The molecule has 9 heteroatoms. The fourth-order valence-corrected chi connectivity index (χ4v) is 2.28. The number of aromatic nitrogens is 2. The van der Waals surface area contributed by atoms with Gasteiger partial charge >= 0.3 is 0 Å². The van der Waals surface area contributed by atoms with Crippen molar-refractivity contribution in [3.05, 3.63) is 17.2 Å². The molecule has 1 aromatic rings. The zero-order chi connectivity index (χ0) is 19.0. The summed E-state index contributed by atoms with van der Waals surface area (Å²) in [5.74, 6) is 0.566. The zero-order valence-corrected chi connectivity index (χ0v) is 16.1. The van der Waals surface area contributed by atoms with E-state index in [4.69, 9.17) is 28.4 Å². The summed E-state index contributed by atoms with van der Waals surface area (Å²) in [6.07, 6.45) is 0. The lowest BCUT2D eigenvalue weighted by Crippen LogP contribution is -2.15. The number of rotatable bonds is 17. The van der Waals surface area contributed by atoms with Crippen molar-refractivity contribution in [1.29, 1.82) is 0 Å².